The maximum Gasteiger partial charge on any atom is 0.449 e. The summed E-state index contributed by atoms with van der Waals surface area (Å²) in [6.07, 6.45) is -2.44. The van der Waals surface area contributed by atoms with Gasteiger partial charge in [0.15, 0.2) is 0 Å². The zero-order valence-electron chi connectivity index (χ0n) is 17.6. The van der Waals surface area contributed by atoms with Crippen molar-refractivity contribution >= 4 is 10.9 Å². The van der Waals surface area contributed by atoms with E-state index in [4.69, 9.17) is 4.74 Å². The maximum atomic E-state index is 13.1. The molecule has 2 aromatic heterocycles. The number of nitrogens with zero attached hydrogens (tertiary/aromatic N) is 2. The number of ether oxygens (including phenoxy) is 1. The fourth-order valence-electron chi connectivity index (χ4n) is 4.12. The van der Waals surface area contributed by atoms with E-state index in [2.05, 4.69) is 9.97 Å². The summed E-state index contributed by atoms with van der Waals surface area (Å²) in [6.45, 7) is 1.70. The van der Waals surface area contributed by atoms with Crippen LogP contribution in [-0.2, 0) is 32.3 Å². The highest BCUT2D eigenvalue weighted by Gasteiger charge is 2.36. The minimum atomic E-state index is -4.69. The van der Waals surface area contributed by atoms with Crippen molar-refractivity contribution in [1.82, 2.24) is 19.9 Å². The van der Waals surface area contributed by atoms with Gasteiger partial charge >= 0.3 is 6.18 Å². The molecule has 0 amide bonds. The molecule has 0 saturated heterocycles. The molecule has 1 aliphatic heterocycles. The number of hydrogen-bond acceptors (Lipinski definition) is 4. The van der Waals surface area contributed by atoms with Crippen LogP contribution in [0.3, 0.4) is 0 Å². The summed E-state index contributed by atoms with van der Waals surface area (Å²) in [6, 6.07) is 15.7. The number of hydrogen-bond donors (Lipinski definition) is 2. The number of H-pyrrole nitrogens is 2. The number of halogens is 3. The molecule has 33 heavy (non-hydrogen) atoms. The van der Waals surface area contributed by atoms with E-state index in [1.165, 1.54) is 0 Å². The highest BCUT2D eigenvalue weighted by atomic mass is 19.4. The van der Waals surface area contributed by atoms with Crippen molar-refractivity contribution in [3.8, 4) is 5.75 Å². The molecule has 0 atom stereocenters. The molecule has 0 unspecified atom stereocenters. The molecule has 0 aliphatic carbocycles. The average Bonchev–Trinajstić information content (AvgIpc) is 3.19. The van der Waals surface area contributed by atoms with Gasteiger partial charge in [0, 0.05) is 42.3 Å². The van der Waals surface area contributed by atoms with E-state index in [0.29, 0.717) is 31.7 Å². The van der Waals surface area contributed by atoms with Crippen LogP contribution in [0.4, 0.5) is 13.2 Å². The summed E-state index contributed by atoms with van der Waals surface area (Å²) in [5, 5.41) is 0.987. The third-order valence-corrected chi connectivity index (χ3v) is 5.80. The van der Waals surface area contributed by atoms with Gasteiger partial charge < -0.3 is 14.7 Å². The van der Waals surface area contributed by atoms with Crippen molar-refractivity contribution in [2.24, 2.45) is 0 Å². The first-order valence-electron chi connectivity index (χ1n) is 10.6. The van der Waals surface area contributed by atoms with E-state index >= 15 is 0 Å². The molecule has 0 spiro atoms. The average molecular weight is 454 g/mol. The van der Waals surface area contributed by atoms with E-state index in [0.717, 1.165) is 27.8 Å². The fourth-order valence-corrected chi connectivity index (χ4v) is 4.12. The third-order valence-electron chi connectivity index (χ3n) is 5.80. The second-order valence-corrected chi connectivity index (χ2v) is 8.09. The van der Waals surface area contributed by atoms with Gasteiger partial charge in [0.05, 0.1) is 5.69 Å². The van der Waals surface area contributed by atoms with Crippen molar-refractivity contribution in [1.29, 1.82) is 0 Å². The van der Waals surface area contributed by atoms with Gasteiger partial charge in [-0.1, -0.05) is 30.3 Å². The lowest BCUT2D eigenvalue weighted by atomic mass is 10.1. The van der Waals surface area contributed by atoms with Gasteiger partial charge in [0.25, 0.3) is 5.56 Å². The minimum absolute atomic E-state index is 0.180. The number of rotatable bonds is 5. The van der Waals surface area contributed by atoms with Gasteiger partial charge in [-0.3, -0.25) is 9.69 Å². The predicted molar refractivity (Wildman–Crippen MR) is 117 cm³/mol. The lowest BCUT2D eigenvalue weighted by Crippen LogP contribution is -2.36. The molecule has 1 aliphatic rings. The zero-order valence-corrected chi connectivity index (χ0v) is 17.6. The van der Waals surface area contributed by atoms with Crippen molar-refractivity contribution in [3.63, 3.8) is 0 Å². The Labute approximate surface area is 187 Å². The second-order valence-electron chi connectivity index (χ2n) is 8.09. The van der Waals surface area contributed by atoms with E-state index in [-0.39, 0.29) is 12.2 Å². The van der Waals surface area contributed by atoms with Crippen LogP contribution in [0.15, 0.2) is 59.5 Å². The summed E-state index contributed by atoms with van der Waals surface area (Å²) in [5.74, 6) is -0.514. The number of benzene rings is 2. The lowest BCUT2D eigenvalue weighted by Gasteiger charge is -2.27. The van der Waals surface area contributed by atoms with E-state index in [1.807, 2.05) is 64.6 Å². The van der Waals surface area contributed by atoms with Crippen molar-refractivity contribution < 1.29 is 17.9 Å². The van der Waals surface area contributed by atoms with Crippen LogP contribution in [-0.4, -0.2) is 26.4 Å². The van der Waals surface area contributed by atoms with Gasteiger partial charge in [-0.15, -0.1) is 0 Å². The third kappa shape index (κ3) is 4.49. The van der Waals surface area contributed by atoms with Crippen LogP contribution in [0.25, 0.3) is 10.9 Å². The molecule has 2 N–H and O–H groups in total. The Morgan fingerprint density at radius 2 is 1.94 bits per heavy atom. The minimum Gasteiger partial charge on any atom is -0.489 e. The zero-order chi connectivity index (χ0) is 23.0. The number of fused-ring (bicyclic) bond motifs is 2. The molecular weight excluding hydrogens is 433 g/mol. The van der Waals surface area contributed by atoms with Crippen LogP contribution in [0.1, 0.15) is 28.2 Å². The molecule has 5 rings (SSSR count). The number of aromatic amines is 2. The first-order valence-corrected chi connectivity index (χ1v) is 10.6. The molecule has 0 radical (unpaired) electrons. The van der Waals surface area contributed by atoms with Crippen LogP contribution < -0.4 is 10.3 Å². The molecular formula is C24H21F3N4O2. The Morgan fingerprint density at radius 1 is 1.12 bits per heavy atom. The molecule has 0 fully saturated rings. The van der Waals surface area contributed by atoms with Crippen molar-refractivity contribution in [3.05, 3.63) is 93.3 Å². The van der Waals surface area contributed by atoms with Gasteiger partial charge in [0.2, 0.25) is 5.82 Å². The van der Waals surface area contributed by atoms with Crippen molar-refractivity contribution in [2.75, 3.05) is 6.54 Å². The quantitative estimate of drug-likeness (QED) is 0.469. The van der Waals surface area contributed by atoms with Gasteiger partial charge in [-0.05, 0) is 35.7 Å². The van der Waals surface area contributed by atoms with Crippen molar-refractivity contribution in [2.45, 2.75) is 32.3 Å². The summed E-state index contributed by atoms with van der Waals surface area (Å²) in [4.78, 5) is 22.9. The van der Waals surface area contributed by atoms with E-state index < -0.39 is 17.6 Å². The molecule has 2 aromatic carbocycles. The van der Waals surface area contributed by atoms with Crippen LogP contribution in [0.2, 0.25) is 0 Å². The fraction of sp³-hybridized carbons (Fsp3) is 0.250. The number of nitrogens with one attached hydrogen (secondary N) is 2. The second kappa shape index (κ2) is 8.40. The van der Waals surface area contributed by atoms with Crippen LogP contribution >= 0.6 is 0 Å². The monoisotopic (exact) mass is 454 g/mol. The van der Waals surface area contributed by atoms with Gasteiger partial charge in [0.1, 0.15) is 12.4 Å². The Kier molecular flexibility index (Phi) is 5.41. The Morgan fingerprint density at radius 3 is 2.73 bits per heavy atom. The Balaban J connectivity index is 1.34. The van der Waals surface area contributed by atoms with Gasteiger partial charge in [-0.2, -0.15) is 13.2 Å². The molecule has 3 heterocycles. The first-order chi connectivity index (χ1) is 15.9. The first kappa shape index (κ1) is 21.3. The molecule has 0 bridgehead atoms. The molecule has 0 saturated carbocycles. The summed E-state index contributed by atoms with van der Waals surface area (Å²) >= 11 is 0. The molecule has 9 heteroatoms. The maximum absolute atomic E-state index is 13.1. The van der Waals surface area contributed by atoms with Crippen LogP contribution in [0.5, 0.6) is 5.75 Å². The largest absolute Gasteiger partial charge is 0.489 e. The number of aromatic nitrogens is 3. The predicted octanol–water partition coefficient (Wildman–Crippen LogP) is 4.41. The molecule has 4 aromatic rings. The SMILES string of the molecule is O=c1[nH]c(C(F)(F)F)nc2c1CCN(Cc1c[nH]c3ccc(OCc4ccccc4)cc13)C2. The Hall–Kier alpha value is -3.59. The highest BCUT2D eigenvalue weighted by Crippen LogP contribution is 2.29. The summed E-state index contributed by atoms with van der Waals surface area (Å²) < 4.78 is 45.1. The summed E-state index contributed by atoms with van der Waals surface area (Å²) in [7, 11) is 0. The van der Waals surface area contributed by atoms with E-state index in [9.17, 15) is 18.0 Å². The topological polar surface area (TPSA) is 74.0 Å². The van der Waals surface area contributed by atoms with Gasteiger partial charge in [-0.25, -0.2) is 4.98 Å². The Bertz CT molecular complexity index is 1350. The normalized spacial score (nSPS) is 14.4. The number of alkyl halides is 3. The summed E-state index contributed by atoms with van der Waals surface area (Å²) in [5.41, 5.74) is 2.82. The van der Waals surface area contributed by atoms with E-state index in [1.54, 1.807) is 0 Å². The smallest absolute Gasteiger partial charge is 0.449 e. The van der Waals surface area contributed by atoms with Crippen LogP contribution in [0, 0.1) is 0 Å². The highest BCUT2D eigenvalue weighted by molar-refractivity contribution is 5.84. The standard InChI is InChI=1S/C24H21F3N4O2/c25-24(26,27)23-29-21-13-31(9-8-18(21)22(32)30-23)12-16-11-28-20-7-6-17(10-19(16)20)33-14-15-4-2-1-3-5-15/h1-7,10-11,28H,8-9,12-14H2,(H,29,30,32). The molecule has 6 nitrogen and oxygen atoms in total. The molecule has 170 valence electrons. The lowest BCUT2D eigenvalue weighted by molar-refractivity contribution is -0.145.